The van der Waals surface area contributed by atoms with Gasteiger partial charge in [-0.1, -0.05) is 127 Å². The fraction of sp³-hybridized carbons (Fsp3) is 0. The molecule has 3 heterocycles. The number of rotatable bonds is 5. The Hall–Kier alpha value is -7.30. The summed E-state index contributed by atoms with van der Waals surface area (Å²) in [7, 11) is 0. The van der Waals surface area contributed by atoms with Gasteiger partial charge in [-0.15, -0.1) is 0 Å². The summed E-state index contributed by atoms with van der Waals surface area (Å²) in [5.74, 6) is 0.641. The van der Waals surface area contributed by atoms with Crippen LogP contribution in [-0.4, -0.2) is 19.1 Å². The van der Waals surface area contributed by atoms with E-state index in [0.717, 1.165) is 39.0 Å². The highest BCUT2D eigenvalue weighted by molar-refractivity contribution is 6.22. The van der Waals surface area contributed by atoms with Crippen LogP contribution in [0.1, 0.15) is 0 Å². The fourth-order valence-electron chi connectivity index (χ4n) is 8.28. The van der Waals surface area contributed by atoms with Crippen LogP contribution >= 0.6 is 0 Å². The maximum absolute atomic E-state index is 5.09. The Bertz CT molecular complexity index is 3120. The van der Waals surface area contributed by atoms with Gasteiger partial charge in [-0.2, -0.15) is 0 Å². The van der Waals surface area contributed by atoms with Crippen molar-refractivity contribution >= 4 is 54.4 Å². The van der Waals surface area contributed by atoms with Crippen molar-refractivity contribution in [2.45, 2.75) is 0 Å². The molecule has 0 spiro atoms. The maximum atomic E-state index is 5.09. The molecule has 0 aliphatic heterocycles. The Labute approximate surface area is 311 Å². The van der Waals surface area contributed by atoms with Crippen molar-refractivity contribution in [2.24, 2.45) is 0 Å². The largest absolute Gasteiger partial charge is 0.309 e. The van der Waals surface area contributed by atoms with Gasteiger partial charge in [-0.25, -0.2) is 9.97 Å². The van der Waals surface area contributed by atoms with Gasteiger partial charge in [0.25, 0.3) is 0 Å². The van der Waals surface area contributed by atoms with Crippen molar-refractivity contribution in [3.8, 4) is 45.0 Å². The minimum Gasteiger partial charge on any atom is -0.309 e. The Morgan fingerprint density at radius 1 is 0.315 bits per heavy atom. The quantitative estimate of drug-likeness (QED) is 0.180. The first kappa shape index (κ1) is 30.3. The number of benzene rings is 8. The lowest BCUT2D eigenvalue weighted by Gasteiger charge is -2.12. The summed E-state index contributed by atoms with van der Waals surface area (Å²) in [4.78, 5) is 10.2. The summed E-state index contributed by atoms with van der Waals surface area (Å²) in [6.07, 6.45) is 3.93. The molecular weight excluding hydrogens is 657 g/mol. The van der Waals surface area contributed by atoms with Gasteiger partial charge in [0.2, 0.25) is 5.95 Å². The van der Waals surface area contributed by atoms with Crippen LogP contribution in [-0.2, 0) is 0 Å². The first-order valence-electron chi connectivity index (χ1n) is 18.3. The minimum absolute atomic E-state index is 0.641. The normalized spacial score (nSPS) is 11.7. The van der Waals surface area contributed by atoms with Crippen molar-refractivity contribution < 1.29 is 0 Å². The number of hydrogen-bond donors (Lipinski definition) is 0. The van der Waals surface area contributed by atoms with E-state index in [1.807, 2.05) is 12.4 Å². The van der Waals surface area contributed by atoms with Crippen molar-refractivity contribution in [1.82, 2.24) is 19.1 Å². The molecule has 0 aliphatic carbocycles. The zero-order chi connectivity index (χ0) is 35.6. The molecule has 54 heavy (non-hydrogen) atoms. The summed E-state index contributed by atoms with van der Waals surface area (Å²) in [6, 6.07) is 65.0. The van der Waals surface area contributed by atoms with E-state index in [1.54, 1.807) is 0 Å². The van der Waals surface area contributed by atoms with Crippen LogP contribution in [0.4, 0.5) is 0 Å². The Morgan fingerprint density at radius 2 is 0.833 bits per heavy atom. The molecule has 11 aromatic rings. The van der Waals surface area contributed by atoms with E-state index in [1.165, 1.54) is 54.5 Å². The van der Waals surface area contributed by atoms with Gasteiger partial charge < -0.3 is 4.57 Å². The van der Waals surface area contributed by atoms with Crippen molar-refractivity contribution in [3.05, 3.63) is 194 Å². The molecule has 0 aliphatic rings. The lowest BCUT2D eigenvalue weighted by atomic mass is 9.94. The van der Waals surface area contributed by atoms with E-state index >= 15 is 0 Å². The SMILES string of the molecule is c1ccc(-c2cc(-c3ccccc3)cc(-c3cnc(-n4c5ccccc5c5cc6ccc7c8ccccc8n(-c8ccccc8)c7c6cc54)nc3)c2)cc1. The Kier molecular flexibility index (Phi) is 6.82. The molecule has 0 amide bonds. The van der Waals surface area contributed by atoms with Gasteiger partial charge >= 0.3 is 0 Å². The minimum atomic E-state index is 0.641. The van der Waals surface area contributed by atoms with E-state index in [0.29, 0.717) is 5.95 Å². The Balaban J connectivity index is 1.12. The van der Waals surface area contributed by atoms with E-state index in [2.05, 4.69) is 191 Å². The summed E-state index contributed by atoms with van der Waals surface area (Å²) < 4.78 is 4.63. The molecule has 0 atom stereocenters. The molecule has 0 fully saturated rings. The number of fused-ring (bicyclic) bond motifs is 8. The third-order valence-electron chi connectivity index (χ3n) is 10.8. The van der Waals surface area contributed by atoms with E-state index in [4.69, 9.17) is 9.97 Å². The first-order valence-corrected chi connectivity index (χ1v) is 18.3. The molecule has 3 aromatic heterocycles. The zero-order valence-electron chi connectivity index (χ0n) is 29.3. The highest BCUT2D eigenvalue weighted by Gasteiger charge is 2.19. The van der Waals surface area contributed by atoms with E-state index in [-0.39, 0.29) is 0 Å². The number of hydrogen-bond acceptors (Lipinski definition) is 2. The van der Waals surface area contributed by atoms with Gasteiger partial charge in [0, 0.05) is 50.6 Å². The molecule has 8 aromatic carbocycles. The van der Waals surface area contributed by atoms with Crippen LogP contribution in [0.5, 0.6) is 0 Å². The number of nitrogens with zero attached hydrogens (tertiary/aromatic N) is 4. The average molecular weight is 689 g/mol. The van der Waals surface area contributed by atoms with Crippen LogP contribution in [0.25, 0.3) is 99.4 Å². The van der Waals surface area contributed by atoms with Gasteiger partial charge in [-0.3, -0.25) is 4.57 Å². The molecule has 0 saturated heterocycles. The third kappa shape index (κ3) is 4.78. The maximum Gasteiger partial charge on any atom is 0.234 e. The van der Waals surface area contributed by atoms with Gasteiger partial charge in [0.15, 0.2) is 0 Å². The van der Waals surface area contributed by atoms with Crippen molar-refractivity contribution in [1.29, 1.82) is 0 Å². The number of para-hydroxylation sites is 3. The molecule has 0 N–H and O–H groups in total. The second-order valence-electron chi connectivity index (χ2n) is 13.9. The molecule has 4 nitrogen and oxygen atoms in total. The zero-order valence-corrected chi connectivity index (χ0v) is 29.3. The van der Waals surface area contributed by atoms with Crippen molar-refractivity contribution in [2.75, 3.05) is 0 Å². The molecule has 252 valence electrons. The first-order chi connectivity index (χ1) is 26.8. The van der Waals surface area contributed by atoms with Crippen molar-refractivity contribution in [3.63, 3.8) is 0 Å². The summed E-state index contributed by atoms with van der Waals surface area (Å²) in [6.45, 7) is 0. The van der Waals surface area contributed by atoms with Crippen LogP contribution in [0.3, 0.4) is 0 Å². The predicted molar refractivity (Wildman–Crippen MR) is 225 cm³/mol. The second kappa shape index (κ2) is 12.1. The molecule has 0 radical (unpaired) electrons. The predicted octanol–water partition coefficient (Wildman–Crippen LogP) is 12.8. The lowest BCUT2D eigenvalue weighted by molar-refractivity contribution is 0.990. The molecular formula is C50H32N4. The van der Waals surface area contributed by atoms with Gasteiger partial charge in [-0.05, 0) is 87.8 Å². The lowest BCUT2D eigenvalue weighted by Crippen LogP contribution is -2.01. The third-order valence-corrected chi connectivity index (χ3v) is 10.8. The van der Waals surface area contributed by atoms with Crippen LogP contribution in [0, 0.1) is 0 Å². The Morgan fingerprint density at radius 3 is 1.46 bits per heavy atom. The average Bonchev–Trinajstić information content (AvgIpc) is 3.76. The summed E-state index contributed by atoms with van der Waals surface area (Å²) >= 11 is 0. The second-order valence-corrected chi connectivity index (χ2v) is 13.9. The molecule has 0 saturated carbocycles. The van der Waals surface area contributed by atoms with Crippen LogP contribution in [0.15, 0.2) is 194 Å². The molecule has 4 heteroatoms. The fourth-order valence-corrected chi connectivity index (χ4v) is 8.28. The van der Waals surface area contributed by atoms with Crippen LogP contribution < -0.4 is 0 Å². The molecule has 0 bridgehead atoms. The highest BCUT2D eigenvalue weighted by atomic mass is 15.1. The standard InChI is InChI=1S/C50H32N4/c1-4-14-33(15-5-1)36-26-37(34-16-6-2-7-17-34)28-38(27-36)39-31-51-50(52-32-39)54-47-23-13-11-21-42(47)45-29-35-24-25-43-41-20-10-12-22-46(41)53(40-18-8-3-9-19-40)49(43)44(35)30-48(45)54/h1-32H. The monoisotopic (exact) mass is 688 g/mol. The summed E-state index contributed by atoms with van der Waals surface area (Å²) in [5.41, 5.74) is 12.4. The van der Waals surface area contributed by atoms with E-state index < -0.39 is 0 Å². The van der Waals surface area contributed by atoms with Gasteiger partial charge in [0.1, 0.15) is 0 Å². The molecule has 0 unspecified atom stereocenters. The highest BCUT2D eigenvalue weighted by Crippen LogP contribution is 2.41. The molecule has 11 rings (SSSR count). The van der Waals surface area contributed by atoms with Crippen LogP contribution in [0.2, 0.25) is 0 Å². The summed E-state index contributed by atoms with van der Waals surface area (Å²) in [5, 5.41) is 7.21. The number of aromatic nitrogens is 4. The topological polar surface area (TPSA) is 35.6 Å². The van der Waals surface area contributed by atoms with Gasteiger partial charge in [0.05, 0.1) is 22.1 Å². The smallest absolute Gasteiger partial charge is 0.234 e. The van der Waals surface area contributed by atoms with E-state index in [9.17, 15) is 0 Å².